The number of anilines is 1. The Hall–Kier alpha value is -2.47. The van der Waals surface area contributed by atoms with Gasteiger partial charge in [-0.05, 0) is 65.0 Å². The zero-order chi connectivity index (χ0) is 22.4. The van der Waals surface area contributed by atoms with Crippen molar-refractivity contribution in [2.45, 2.75) is 40.2 Å². The van der Waals surface area contributed by atoms with Crippen molar-refractivity contribution in [3.63, 3.8) is 0 Å². The summed E-state index contributed by atoms with van der Waals surface area (Å²) in [5.41, 5.74) is 0.556. The maximum Gasteiger partial charge on any atom is 0.363 e. The van der Waals surface area contributed by atoms with E-state index < -0.39 is 13.1 Å². The third-order valence-electron chi connectivity index (χ3n) is 3.93. The first-order valence-corrected chi connectivity index (χ1v) is 11.4. The van der Waals surface area contributed by atoms with Crippen LogP contribution in [0.2, 0.25) is 0 Å². The van der Waals surface area contributed by atoms with Crippen LogP contribution in [0.1, 0.15) is 55.3 Å². The molecule has 0 aliphatic heterocycles. The van der Waals surface area contributed by atoms with Gasteiger partial charge in [-0.15, -0.1) is 0 Å². The topological polar surface area (TPSA) is 93.7 Å². The van der Waals surface area contributed by atoms with Crippen LogP contribution in [-0.4, -0.2) is 30.6 Å². The van der Waals surface area contributed by atoms with Gasteiger partial charge in [0.1, 0.15) is 0 Å². The molecule has 0 unspecified atom stereocenters. The minimum absolute atomic E-state index is 0.136. The predicted molar refractivity (Wildman–Crippen MR) is 119 cm³/mol. The molecule has 2 amide bonds. The van der Waals surface area contributed by atoms with Crippen LogP contribution in [0.25, 0.3) is 0 Å². The van der Waals surface area contributed by atoms with E-state index in [2.05, 4.69) is 10.6 Å². The van der Waals surface area contributed by atoms with Crippen LogP contribution >= 0.6 is 7.60 Å². The van der Waals surface area contributed by atoms with Crippen LogP contribution < -0.4 is 15.9 Å². The van der Waals surface area contributed by atoms with Crippen LogP contribution in [0.4, 0.5) is 5.69 Å². The normalized spacial score (nSPS) is 11.8. The molecule has 2 rings (SSSR count). The van der Waals surface area contributed by atoms with E-state index in [0.29, 0.717) is 5.56 Å². The molecule has 0 atom stereocenters. The molecule has 2 N–H and O–H groups in total. The lowest BCUT2D eigenvalue weighted by Gasteiger charge is -2.23. The fourth-order valence-electron chi connectivity index (χ4n) is 2.72. The highest BCUT2D eigenvalue weighted by atomic mass is 31.2. The van der Waals surface area contributed by atoms with E-state index in [1.54, 1.807) is 50.2 Å². The second-order valence-electron chi connectivity index (χ2n) is 7.59. The van der Waals surface area contributed by atoms with E-state index >= 15 is 0 Å². The van der Waals surface area contributed by atoms with Gasteiger partial charge in [0, 0.05) is 16.7 Å². The minimum Gasteiger partial charge on any atom is -0.347 e. The first-order valence-electron chi connectivity index (χ1n) is 9.82. The lowest BCUT2D eigenvalue weighted by molar-refractivity contribution is 0.0919. The molecular formula is C22H29N2O5P. The summed E-state index contributed by atoms with van der Waals surface area (Å²) in [4.78, 5) is 25.3. The van der Waals surface area contributed by atoms with Crippen molar-refractivity contribution in [3.8, 4) is 0 Å². The average molecular weight is 432 g/mol. The summed E-state index contributed by atoms with van der Waals surface area (Å²) in [7, 11) is -3.77. The van der Waals surface area contributed by atoms with Crippen LogP contribution in [-0.2, 0) is 13.6 Å². The molecule has 7 nitrogen and oxygen atoms in total. The summed E-state index contributed by atoms with van der Waals surface area (Å²) in [6.07, 6.45) is 0. The molecule has 2 aromatic carbocycles. The zero-order valence-electron chi connectivity index (χ0n) is 18.0. The maximum absolute atomic E-state index is 13.5. The predicted octanol–water partition coefficient (Wildman–Crippen LogP) is 4.36. The molecule has 0 radical (unpaired) electrons. The van der Waals surface area contributed by atoms with E-state index in [9.17, 15) is 14.2 Å². The summed E-state index contributed by atoms with van der Waals surface area (Å²) < 4.78 is 24.4. The summed E-state index contributed by atoms with van der Waals surface area (Å²) in [6, 6.07) is 13.2. The number of amides is 2. The third-order valence-corrected chi connectivity index (χ3v) is 6.08. The van der Waals surface area contributed by atoms with Crippen molar-refractivity contribution in [1.29, 1.82) is 0 Å². The monoisotopic (exact) mass is 432 g/mol. The van der Waals surface area contributed by atoms with E-state index in [4.69, 9.17) is 9.05 Å². The van der Waals surface area contributed by atoms with Gasteiger partial charge in [-0.2, -0.15) is 0 Å². The number of carbonyl (C=O) groups excluding carboxylic acids is 2. The van der Waals surface area contributed by atoms with Crippen LogP contribution in [0.15, 0.2) is 48.5 Å². The Morgan fingerprint density at radius 2 is 1.50 bits per heavy atom. The van der Waals surface area contributed by atoms with E-state index in [1.807, 2.05) is 26.8 Å². The van der Waals surface area contributed by atoms with Gasteiger partial charge in [-0.3, -0.25) is 14.2 Å². The first-order chi connectivity index (χ1) is 14.1. The van der Waals surface area contributed by atoms with E-state index in [0.717, 1.165) is 0 Å². The fourth-order valence-corrected chi connectivity index (χ4v) is 4.47. The third kappa shape index (κ3) is 6.26. The smallest absolute Gasteiger partial charge is 0.347 e. The summed E-state index contributed by atoms with van der Waals surface area (Å²) in [6.45, 7) is 9.28. The number of benzene rings is 2. The van der Waals surface area contributed by atoms with Crippen LogP contribution in [0.5, 0.6) is 0 Å². The van der Waals surface area contributed by atoms with E-state index in [-0.39, 0.29) is 41.6 Å². The van der Waals surface area contributed by atoms with Crippen molar-refractivity contribution in [3.05, 3.63) is 59.7 Å². The molecule has 0 aliphatic rings. The molecule has 2 aromatic rings. The van der Waals surface area contributed by atoms with Gasteiger partial charge in [0.25, 0.3) is 11.8 Å². The highest BCUT2D eigenvalue weighted by Crippen LogP contribution is 2.49. The Labute approximate surface area is 177 Å². The Balaban J connectivity index is 2.51. The zero-order valence-corrected chi connectivity index (χ0v) is 18.9. The van der Waals surface area contributed by atoms with Crippen molar-refractivity contribution in [2.24, 2.45) is 0 Å². The molecule has 0 fully saturated rings. The molecule has 162 valence electrons. The Morgan fingerprint density at radius 3 is 2.03 bits per heavy atom. The number of hydrogen-bond acceptors (Lipinski definition) is 5. The van der Waals surface area contributed by atoms with Gasteiger partial charge in [0.05, 0.1) is 24.2 Å². The number of rotatable bonds is 8. The van der Waals surface area contributed by atoms with Gasteiger partial charge in [-0.1, -0.05) is 18.2 Å². The molecule has 8 heteroatoms. The summed E-state index contributed by atoms with van der Waals surface area (Å²) in [5.74, 6) is -0.701. The molecule has 30 heavy (non-hydrogen) atoms. The standard InChI is InChI=1S/C22H29N2O5P/c1-6-28-30(27,29-7-2)19-15-17(21(26)24-22(3,4)5)13-14-18(19)23-20(25)16-11-9-8-10-12-16/h8-15H,6-7H2,1-5H3,(H,23,25)(H,24,26). The van der Waals surface area contributed by atoms with Crippen LogP contribution in [0.3, 0.4) is 0 Å². The second-order valence-corrected chi connectivity index (χ2v) is 9.58. The molecule has 0 spiro atoms. The van der Waals surface area contributed by atoms with Crippen molar-refractivity contribution < 1.29 is 23.2 Å². The summed E-state index contributed by atoms with van der Waals surface area (Å²) in [5, 5.41) is 5.76. The molecule has 0 saturated heterocycles. The van der Waals surface area contributed by atoms with Crippen LogP contribution in [0, 0.1) is 0 Å². The number of hydrogen-bond donors (Lipinski definition) is 2. The maximum atomic E-state index is 13.5. The number of carbonyl (C=O) groups is 2. The molecule has 0 aliphatic carbocycles. The van der Waals surface area contributed by atoms with Gasteiger partial charge in [0.2, 0.25) is 0 Å². The van der Waals surface area contributed by atoms with Crippen molar-refractivity contribution in [2.75, 3.05) is 18.5 Å². The Bertz CT molecular complexity index is 928. The number of nitrogens with one attached hydrogen (secondary N) is 2. The van der Waals surface area contributed by atoms with Crippen molar-refractivity contribution >= 4 is 30.4 Å². The lowest BCUT2D eigenvalue weighted by Crippen LogP contribution is -2.40. The molecule has 0 heterocycles. The largest absolute Gasteiger partial charge is 0.363 e. The molecule has 0 saturated carbocycles. The SMILES string of the molecule is CCOP(=O)(OCC)c1cc(C(=O)NC(C)(C)C)ccc1NC(=O)c1ccccc1. The highest BCUT2D eigenvalue weighted by Gasteiger charge is 2.32. The lowest BCUT2D eigenvalue weighted by atomic mass is 10.1. The minimum atomic E-state index is -3.77. The average Bonchev–Trinajstić information content (AvgIpc) is 2.68. The highest BCUT2D eigenvalue weighted by molar-refractivity contribution is 7.62. The van der Waals surface area contributed by atoms with Gasteiger partial charge in [-0.25, -0.2) is 0 Å². The molecule has 0 aromatic heterocycles. The quantitative estimate of drug-likeness (QED) is 0.605. The summed E-state index contributed by atoms with van der Waals surface area (Å²) >= 11 is 0. The van der Waals surface area contributed by atoms with Crippen molar-refractivity contribution in [1.82, 2.24) is 5.32 Å². The Kier molecular flexibility index (Phi) is 7.96. The molecule has 0 bridgehead atoms. The fraction of sp³-hybridized carbons (Fsp3) is 0.364. The first kappa shape index (κ1) is 23.8. The molecular weight excluding hydrogens is 403 g/mol. The van der Waals surface area contributed by atoms with Gasteiger partial charge >= 0.3 is 7.60 Å². The van der Waals surface area contributed by atoms with Gasteiger partial charge < -0.3 is 19.7 Å². The second kappa shape index (κ2) is 10.0. The van der Waals surface area contributed by atoms with E-state index in [1.165, 1.54) is 6.07 Å². The Morgan fingerprint density at radius 1 is 0.900 bits per heavy atom. The van der Waals surface area contributed by atoms with Gasteiger partial charge in [0.15, 0.2) is 0 Å².